The second kappa shape index (κ2) is 5.93. The Hall–Kier alpha value is -0.980. The third-order valence-corrected chi connectivity index (χ3v) is 2.56. The second-order valence-corrected chi connectivity index (χ2v) is 3.86. The molecule has 0 unspecified atom stereocenters. The third kappa shape index (κ3) is 3.55. The van der Waals surface area contributed by atoms with Gasteiger partial charge in [-0.2, -0.15) is 4.98 Å². The van der Waals surface area contributed by atoms with E-state index in [-0.39, 0.29) is 0 Å². The number of aryl methyl sites for hydroxylation is 1. The molecule has 6 heteroatoms. The van der Waals surface area contributed by atoms with Gasteiger partial charge in [-0.1, -0.05) is 5.16 Å². The maximum atomic E-state index is 5.28. The Morgan fingerprint density at radius 1 is 1.38 bits per heavy atom. The molecule has 1 saturated heterocycles. The lowest BCUT2D eigenvalue weighted by Gasteiger charge is -2.26. The van der Waals surface area contributed by atoms with Gasteiger partial charge in [-0.25, -0.2) is 0 Å². The van der Waals surface area contributed by atoms with Crippen molar-refractivity contribution in [3.63, 3.8) is 0 Å². The van der Waals surface area contributed by atoms with Crippen molar-refractivity contribution in [2.75, 3.05) is 39.4 Å². The van der Waals surface area contributed by atoms with Crippen LogP contribution in [0, 0.1) is 6.92 Å². The fraction of sp³-hybridized carbons (Fsp3) is 0.800. The SMILES string of the molecule is Cc1nc(CNCCN2CCOCC2)no1. The normalized spacial score (nSPS) is 17.8. The Bertz CT molecular complexity index is 310. The van der Waals surface area contributed by atoms with Crippen molar-refractivity contribution in [1.29, 1.82) is 0 Å². The van der Waals surface area contributed by atoms with E-state index in [1.807, 2.05) is 0 Å². The van der Waals surface area contributed by atoms with Crippen LogP contribution in [0.4, 0.5) is 0 Å². The minimum atomic E-state index is 0.616. The van der Waals surface area contributed by atoms with Crippen molar-refractivity contribution in [2.45, 2.75) is 13.5 Å². The molecule has 1 aromatic rings. The van der Waals surface area contributed by atoms with Gasteiger partial charge in [-0.3, -0.25) is 4.90 Å². The van der Waals surface area contributed by atoms with Gasteiger partial charge < -0.3 is 14.6 Å². The van der Waals surface area contributed by atoms with Gasteiger partial charge in [0.05, 0.1) is 19.8 Å². The van der Waals surface area contributed by atoms with E-state index in [1.54, 1.807) is 6.92 Å². The molecule has 1 aliphatic rings. The van der Waals surface area contributed by atoms with Crippen LogP contribution in [0.1, 0.15) is 11.7 Å². The van der Waals surface area contributed by atoms with E-state index in [1.165, 1.54) is 0 Å². The summed E-state index contributed by atoms with van der Waals surface area (Å²) >= 11 is 0. The highest BCUT2D eigenvalue weighted by Gasteiger charge is 2.09. The van der Waals surface area contributed by atoms with E-state index < -0.39 is 0 Å². The van der Waals surface area contributed by atoms with E-state index in [4.69, 9.17) is 9.26 Å². The Kier molecular flexibility index (Phi) is 4.26. The lowest BCUT2D eigenvalue weighted by molar-refractivity contribution is 0.0384. The van der Waals surface area contributed by atoms with Crippen molar-refractivity contribution in [3.05, 3.63) is 11.7 Å². The van der Waals surface area contributed by atoms with Crippen LogP contribution >= 0.6 is 0 Å². The molecule has 1 N–H and O–H groups in total. The summed E-state index contributed by atoms with van der Waals surface area (Å²) in [6, 6.07) is 0. The minimum Gasteiger partial charge on any atom is -0.379 e. The predicted octanol–water partition coefficient (Wildman–Crippen LogP) is -0.200. The molecule has 0 radical (unpaired) electrons. The number of aromatic nitrogens is 2. The van der Waals surface area contributed by atoms with Gasteiger partial charge in [0, 0.05) is 33.1 Å². The fourth-order valence-corrected chi connectivity index (χ4v) is 1.68. The molecular formula is C10H18N4O2. The number of ether oxygens (including phenoxy) is 1. The van der Waals surface area contributed by atoms with E-state index in [2.05, 4.69) is 20.4 Å². The van der Waals surface area contributed by atoms with E-state index in [0.717, 1.165) is 45.2 Å². The summed E-state index contributed by atoms with van der Waals surface area (Å²) in [5.74, 6) is 1.34. The van der Waals surface area contributed by atoms with Gasteiger partial charge in [0.2, 0.25) is 5.89 Å². The molecule has 0 aliphatic carbocycles. The monoisotopic (exact) mass is 226 g/mol. The number of nitrogens with zero attached hydrogens (tertiary/aromatic N) is 3. The van der Waals surface area contributed by atoms with Crippen LogP contribution in [0.5, 0.6) is 0 Å². The number of rotatable bonds is 5. The van der Waals surface area contributed by atoms with Gasteiger partial charge in [-0.15, -0.1) is 0 Å². The summed E-state index contributed by atoms with van der Waals surface area (Å²) in [5, 5.41) is 7.11. The van der Waals surface area contributed by atoms with Crippen molar-refractivity contribution in [1.82, 2.24) is 20.4 Å². The average molecular weight is 226 g/mol. The van der Waals surface area contributed by atoms with Gasteiger partial charge in [0.1, 0.15) is 0 Å². The van der Waals surface area contributed by atoms with E-state index in [9.17, 15) is 0 Å². The highest BCUT2D eigenvalue weighted by atomic mass is 16.5. The third-order valence-electron chi connectivity index (χ3n) is 2.56. The van der Waals surface area contributed by atoms with Crippen LogP contribution in [-0.2, 0) is 11.3 Å². The average Bonchev–Trinajstić information content (AvgIpc) is 2.72. The smallest absolute Gasteiger partial charge is 0.223 e. The Morgan fingerprint density at radius 2 is 2.19 bits per heavy atom. The fourth-order valence-electron chi connectivity index (χ4n) is 1.68. The molecule has 0 aromatic carbocycles. The first-order valence-electron chi connectivity index (χ1n) is 5.64. The van der Waals surface area contributed by atoms with Crippen LogP contribution in [-0.4, -0.2) is 54.4 Å². The van der Waals surface area contributed by atoms with Crippen molar-refractivity contribution in [3.8, 4) is 0 Å². The highest BCUT2D eigenvalue weighted by molar-refractivity contribution is 4.82. The van der Waals surface area contributed by atoms with Crippen molar-refractivity contribution >= 4 is 0 Å². The lowest BCUT2D eigenvalue weighted by Crippen LogP contribution is -2.40. The Balaban J connectivity index is 1.57. The highest BCUT2D eigenvalue weighted by Crippen LogP contribution is 1.96. The molecule has 2 heterocycles. The molecule has 90 valence electrons. The van der Waals surface area contributed by atoms with Crippen LogP contribution in [0.15, 0.2) is 4.52 Å². The Labute approximate surface area is 95.0 Å². The standard InChI is InChI=1S/C10H18N4O2/c1-9-12-10(13-16-9)8-11-2-3-14-4-6-15-7-5-14/h11H,2-8H2,1H3. The summed E-state index contributed by atoms with van der Waals surface area (Å²) in [4.78, 5) is 6.51. The van der Waals surface area contributed by atoms with E-state index in [0.29, 0.717) is 12.4 Å². The van der Waals surface area contributed by atoms with Gasteiger partial charge >= 0.3 is 0 Å². The molecule has 0 saturated carbocycles. The maximum absolute atomic E-state index is 5.28. The van der Waals surface area contributed by atoms with Crippen LogP contribution in [0.25, 0.3) is 0 Å². The number of nitrogens with one attached hydrogen (secondary N) is 1. The topological polar surface area (TPSA) is 63.4 Å². The van der Waals surface area contributed by atoms with Crippen molar-refractivity contribution < 1.29 is 9.26 Å². The molecular weight excluding hydrogens is 208 g/mol. The molecule has 6 nitrogen and oxygen atoms in total. The summed E-state index contributed by atoms with van der Waals surface area (Å²) in [5.41, 5.74) is 0. The van der Waals surface area contributed by atoms with Gasteiger partial charge in [0.15, 0.2) is 5.82 Å². The zero-order valence-corrected chi connectivity index (χ0v) is 9.61. The molecule has 2 rings (SSSR count). The van der Waals surface area contributed by atoms with Gasteiger partial charge in [0.25, 0.3) is 0 Å². The maximum Gasteiger partial charge on any atom is 0.223 e. The van der Waals surface area contributed by atoms with Crippen LogP contribution in [0.3, 0.4) is 0 Å². The van der Waals surface area contributed by atoms with Crippen LogP contribution < -0.4 is 5.32 Å². The first-order valence-corrected chi connectivity index (χ1v) is 5.64. The summed E-state index contributed by atoms with van der Waals surface area (Å²) in [6.07, 6.45) is 0. The number of hydrogen-bond acceptors (Lipinski definition) is 6. The molecule has 0 atom stereocenters. The second-order valence-electron chi connectivity index (χ2n) is 3.86. The molecule has 0 spiro atoms. The summed E-state index contributed by atoms with van der Waals surface area (Å²) in [6.45, 7) is 8.21. The largest absolute Gasteiger partial charge is 0.379 e. The summed E-state index contributed by atoms with van der Waals surface area (Å²) < 4.78 is 10.2. The predicted molar refractivity (Wildman–Crippen MR) is 58.0 cm³/mol. The first kappa shape index (κ1) is 11.5. The zero-order valence-electron chi connectivity index (χ0n) is 9.61. The molecule has 1 aliphatic heterocycles. The quantitative estimate of drug-likeness (QED) is 0.702. The zero-order chi connectivity index (χ0) is 11.2. The Morgan fingerprint density at radius 3 is 2.88 bits per heavy atom. The molecule has 0 bridgehead atoms. The molecule has 0 amide bonds. The van der Waals surface area contributed by atoms with Gasteiger partial charge in [-0.05, 0) is 0 Å². The van der Waals surface area contributed by atoms with Crippen LogP contribution in [0.2, 0.25) is 0 Å². The number of hydrogen-bond donors (Lipinski definition) is 1. The molecule has 1 fully saturated rings. The van der Waals surface area contributed by atoms with E-state index >= 15 is 0 Å². The summed E-state index contributed by atoms with van der Waals surface area (Å²) in [7, 11) is 0. The molecule has 16 heavy (non-hydrogen) atoms. The molecule has 1 aromatic heterocycles. The number of morpholine rings is 1. The first-order chi connectivity index (χ1) is 7.84. The minimum absolute atomic E-state index is 0.616. The van der Waals surface area contributed by atoms with Crippen molar-refractivity contribution in [2.24, 2.45) is 0 Å². The lowest BCUT2D eigenvalue weighted by atomic mass is 10.4.